The zero-order chi connectivity index (χ0) is 14.1. The maximum Gasteiger partial charge on any atom is 0.248 e. The van der Waals surface area contributed by atoms with Gasteiger partial charge >= 0.3 is 0 Å². The van der Waals surface area contributed by atoms with Crippen LogP contribution in [0.25, 0.3) is 0 Å². The molecule has 0 spiro atoms. The summed E-state index contributed by atoms with van der Waals surface area (Å²) in [7, 11) is 0. The van der Waals surface area contributed by atoms with Gasteiger partial charge in [0.2, 0.25) is 5.91 Å². The molecule has 4 nitrogen and oxygen atoms in total. The van der Waals surface area contributed by atoms with Crippen LogP contribution in [0, 0.1) is 11.8 Å². The lowest BCUT2D eigenvalue weighted by Crippen LogP contribution is -2.42. The number of rotatable bonds is 2. The fraction of sp³-hybridized carbons (Fsp3) is 0.562. The highest BCUT2D eigenvalue weighted by Gasteiger charge is 2.31. The molecule has 1 heterocycles. The van der Waals surface area contributed by atoms with E-state index in [1.54, 1.807) is 12.1 Å². The van der Waals surface area contributed by atoms with Crippen molar-refractivity contribution in [1.82, 2.24) is 0 Å². The highest BCUT2D eigenvalue weighted by atomic mass is 16.1. The fourth-order valence-electron chi connectivity index (χ4n) is 3.82. The van der Waals surface area contributed by atoms with E-state index in [4.69, 9.17) is 11.5 Å². The second-order valence-corrected chi connectivity index (χ2v) is 6.18. The van der Waals surface area contributed by atoms with E-state index in [0.29, 0.717) is 11.3 Å². The molecule has 0 aromatic heterocycles. The summed E-state index contributed by atoms with van der Waals surface area (Å²) in [6, 6.07) is 5.42. The minimum atomic E-state index is -0.422. The summed E-state index contributed by atoms with van der Waals surface area (Å²) >= 11 is 0. The maximum atomic E-state index is 11.2. The molecule has 2 unspecified atom stereocenters. The standard InChI is InChI=1S/C16H23N3O/c17-14-9-12(16(18)20)5-6-15(14)19-8-7-11-3-1-2-4-13(11)10-19/h5-6,9,11,13H,1-4,7-8,10,17H2,(H2,18,20). The summed E-state index contributed by atoms with van der Waals surface area (Å²) in [5.41, 5.74) is 13.6. The predicted molar refractivity (Wildman–Crippen MR) is 81.7 cm³/mol. The van der Waals surface area contributed by atoms with E-state index in [9.17, 15) is 4.79 Å². The number of hydrogen-bond acceptors (Lipinski definition) is 3. The quantitative estimate of drug-likeness (QED) is 0.813. The Balaban J connectivity index is 1.78. The van der Waals surface area contributed by atoms with Crippen molar-refractivity contribution in [2.75, 3.05) is 23.7 Å². The van der Waals surface area contributed by atoms with Crippen LogP contribution in [0.5, 0.6) is 0 Å². The number of benzene rings is 1. The average molecular weight is 273 g/mol. The first-order valence-corrected chi connectivity index (χ1v) is 7.59. The van der Waals surface area contributed by atoms with E-state index >= 15 is 0 Å². The number of hydrogen-bond donors (Lipinski definition) is 2. The second kappa shape index (κ2) is 5.35. The van der Waals surface area contributed by atoms with Crippen molar-refractivity contribution in [2.45, 2.75) is 32.1 Å². The van der Waals surface area contributed by atoms with Gasteiger partial charge in [-0.2, -0.15) is 0 Å². The Morgan fingerprint density at radius 3 is 2.60 bits per heavy atom. The molecule has 2 fully saturated rings. The Bertz CT molecular complexity index is 514. The molecule has 1 saturated heterocycles. The Morgan fingerprint density at radius 2 is 1.90 bits per heavy atom. The molecule has 20 heavy (non-hydrogen) atoms. The van der Waals surface area contributed by atoms with Crippen molar-refractivity contribution in [1.29, 1.82) is 0 Å². The molecule has 1 aromatic carbocycles. The SMILES string of the molecule is NC(=O)c1ccc(N2CCC3CCCCC3C2)c(N)c1. The Kier molecular flexibility index (Phi) is 3.55. The van der Waals surface area contributed by atoms with Gasteiger partial charge in [0, 0.05) is 18.7 Å². The molecule has 4 heteroatoms. The van der Waals surface area contributed by atoms with Crippen molar-refractivity contribution >= 4 is 17.3 Å². The van der Waals surface area contributed by atoms with Crippen molar-refractivity contribution < 1.29 is 4.79 Å². The van der Waals surface area contributed by atoms with E-state index in [0.717, 1.165) is 30.6 Å². The van der Waals surface area contributed by atoms with Crippen molar-refractivity contribution in [3.8, 4) is 0 Å². The smallest absolute Gasteiger partial charge is 0.248 e. The normalized spacial score (nSPS) is 26.1. The zero-order valence-corrected chi connectivity index (χ0v) is 11.8. The molecule has 1 aromatic rings. The molecule has 2 aliphatic rings. The van der Waals surface area contributed by atoms with E-state index in [1.165, 1.54) is 32.1 Å². The zero-order valence-electron chi connectivity index (χ0n) is 11.8. The van der Waals surface area contributed by atoms with Gasteiger partial charge in [-0.25, -0.2) is 0 Å². The van der Waals surface area contributed by atoms with E-state index < -0.39 is 5.91 Å². The van der Waals surface area contributed by atoms with Crippen molar-refractivity contribution in [2.24, 2.45) is 17.6 Å². The lowest BCUT2D eigenvalue weighted by molar-refractivity contribution is 0.100. The molecule has 4 N–H and O–H groups in total. The lowest BCUT2D eigenvalue weighted by atomic mass is 9.75. The van der Waals surface area contributed by atoms with Crippen LogP contribution in [-0.4, -0.2) is 19.0 Å². The minimum Gasteiger partial charge on any atom is -0.397 e. The predicted octanol–water partition coefficient (Wildman–Crippen LogP) is 2.38. The van der Waals surface area contributed by atoms with Crippen LogP contribution >= 0.6 is 0 Å². The van der Waals surface area contributed by atoms with Crippen LogP contribution in [0.1, 0.15) is 42.5 Å². The molecule has 2 atom stereocenters. The van der Waals surface area contributed by atoms with Gasteiger partial charge in [0.1, 0.15) is 0 Å². The van der Waals surface area contributed by atoms with Crippen LogP contribution in [0.4, 0.5) is 11.4 Å². The van der Waals surface area contributed by atoms with Gasteiger partial charge in [0.25, 0.3) is 0 Å². The largest absolute Gasteiger partial charge is 0.397 e. The number of anilines is 2. The van der Waals surface area contributed by atoms with Crippen LogP contribution in [-0.2, 0) is 0 Å². The summed E-state index contributed by atoms with van der Waals surface area (Å²) in [6.45, 7) is 2.17. The van der Waals surface area contributed by atoms with Crippen molar-refractivity contribution in [3.05, 3.63) is 23.8 Å². The van der Waals surface area contributed by atoms with E-state index in [-0.39, 0.29) is 0 Å². The lowest BCUT2D eigenvalue weighted by Gasteiger charge is -2.42. The monoisotopic (exact) mass is 273 g/mol. The number of carbonyl (C=O) groups excluding carboxylic acids is 1. The van der Waals surface area contributed by atoms with Crippen molar-refractivity contribution in [3.63, 3.8) is 0 Å². The summed E-state index contributed by atoms with van der Waals surface area (Å²) in [4.78, 5) is 13.6. The molecule has 1 saturated carbocycles. The Morgan fingerprint density at radius 1 is 1.15 bits per heavy atom. The summed E-state index contributed by atoms with van der Waals surface area (Å²) in [5.74, 6) is 1.30. The third kappa shape index (κ3) is 2.47. The maximum absolute atomic E-state index is 11.2. The number of amides is 1. The van der Waals surface area contributed by atoms with Gasteiger partial charge in [-0.3, -0.25) is 4.79 Å². The molecule has 0 radical (unpaired) electrons. The Labute approximate surface area is 120 Å². The van der Waals surface area contributed by atoms with Gasteiger partial charge in [-0.05, 0) is 42.9 Å². The van der Waals surface area contributed by atoms with Gasteiger partial charge < -0.3 is 16.4 Å². The third-order valence-electron chi connectivity index (χ3n) is 4.94. The third-order valence-corrected chi connectivity index (χ3v) is 4.94. The first-order chi connectivity index (χ1) is 9.65. The van der Waals surface area contributed by atoms with Crippen LogP contribution < -0.4 is 16.4 Å². The molecule has 108 valence electrons. The number of nitrogens with two attached hydrogens (primary N) is 2. The number of carbonyl (C=O) groups is 1. The summed E-state index contributed by atoms with van der Waals surface area (Å²) in [6.07, 6.45) is 6.78. The molecule has 1 amide bonds. The fourth-order valence-corrected chi connectivity index (χ4v) is 3.82. The van der Waals surface area contributed by atoms with Gasteiger partial charge in [-0.15, -0.1) is 0 Å². The van der Waals surface area contributed by atoms with E-state index in [1.807, 2.05) is 6.07 Å². The molecule has 3 rings (SSSR count). The van der Waals surface area contributed by atoms with Crippen LogP contribution in [0.2, 0.25) is 0 Å². The van der Waals surface area contributed by atoms with Crippen LogP contribution in [0.3, 0.4) is 0 Å². The average Bonchev–Trinajstić information content (AvgIpc) is 2.46. The Hall–Kier alpha value is -1.71. The second-order valence-electron chi connectivity index (χ2n) is 6.18. The summed E-state index contributed by atoms with van der Waals surface area (Å²) < 4.78 is 0. The van der Waals surface area contributed by atoms with Gasteiger partial charge in [0.05, 0.1) is 11.4 Å². The number of nitrogens with zero attached hydrogens (tertiary/aromatic N) is 1. The first-order valence-electron chi connectivity index (χ1n) is 7.59. The summed E-state index contributed by atoms with van der Waals surface area (Å²) in [5, 5.41) is 0. The molecule has 1 aliphatic heterocycles. The minimum absolute atomic E-state index is 0.422. The highest BCUT2D eigenvalue weighted by Crippen LogP contribution is 2.38. The van der Waals surface area contributed by atoms with E-state index in [2.05, 4.69) is 4.90 Å². The van der Waals surface area contributed by atoms with Gasteiger partial charge in [0.15, 0.2) is 0 Å². The molecule has 1 aliphatic carbocycles. The molecule has 0 bridgehead atoms. The number of primary amides is 1. The van der Waals surface area contributed by atoms with Gasteiger partial charge in [-0.1, -0.05) is 19.3 Å². The highest BCUT2D eigenvalue weighted by molar-refractivity contribution is 5.94. The topological polar surface area (TPSA) is 72.4 Å². The molecular weight excluding hydrogens is 250 g/mol. The molecular formula is C16H23N3O. The van der Waals surface area contributed by atoms with Crippen LogP contribution in [0.15, 0.2) is 18.2 Å². The number of piperidine rings is 1. The number of nitrogen functional groups attached to an aromatic ring is 1. The first kappa shape index (κ1) is 13.3. The number of fused-ring (bicyclic) bond motifs is 1.